The van der Waals surface area contributed by atoms with Crippen LogP contribution in [0.15, 0.2) is 0 Å². The van der Waals surface area contributed by atoms with Crippen LogP contribution in [0.1, 0.15) is 58.3 Å². The number of fused-ring (bicyclic) bond motifs is 5. The van der Waals surface area contributed by atoms with Crippen LogP contribution in [0, 0.1) is 35.0 Å². The third kappa shape index (κ3) is 2.11. The summed E-state index contributed by atoms with van der Waals surface area (Å²) in [5.41, 5.74) is 0.136. The van der Waals surface area contributed by atoms with E-state index in [1.54, 1.807) is 0 Å². The SMILES string of the molecule is CC12CC(O)CC1C1CCC3CC(=O)CCC3C1C(O)C2. The highest BCUT2D eigenvalue weighted by atomic mass is 16.3. The highest BCUT2D eigenvalue weighted by Gasteiger charge is 2.58. The molecular formula is C18H28O3. The first-order valence-electron chi connectivity index (χ1n) is 8.86. The maximum absolute atomic E-state index is 11.7. The third-order valence-corrected chi connectivity index (χ3v) is 7.47. The summed E-state index contributed by atoms with van der Waals surface area (Å²) < 4.78 is 0. The number of rotatable bonds is 0. The molecule has 2 N–H and O–H groups in total. The summed E-state index contributed by atoms with van der Waals surface area (Å²) in [4.78, 5) is 11.7. The molecule has 21 heavy (non-hydrogen) atoms. The number of hydrogen-bond donors (Lipinski definition) is 2. The van der Waals surface area contributed by atoms with Gasteiger partial charge in [-0.3, -0.25) is 4.79 Å². The van der Waals surface area contributed by atoms with Gasteiger partial charge in [-0.2, -0.15) is 0 Å². The van der Waals surface area contributed by atoms with Gasteiger partial charge in [0.25, 0.3) is 0 Å². The van der Waals surface area contributed by atoms with Crippen LogP contribution in [0.3, 0.4) is 0 Å². The number of Topliss-reactive ketones (excluding diaryl/α,β-unsaturated/α-hetero) is 1. The number of carbonyl (C=O) groups is 1. The van der Waals surface area contributed by atoms with Gasteiger partial charge in [-0.1, -0.05) is 6.92 Å². The van der Waals surface area contributed by atoms with Crippen LogP contribution in [-0.2, 0) is 4.79 Å². The highest BCUT2D eigenvalue weighted by Crippen LogP contribution is 2.62. The highest BCUT2D eigenvalue weighted by molar-refractivity contribution is 5.79. The lowest BCUT2D eigenvalue weighted by molar-refractivity contribution is -0.139. The zero-order valence-electron chi connectivity index (χ0n) is 13.0. The second-order valence-electron chi connectivity index (χ2n) is 8.65. The molecule has 0 aromatic rings. The van der Waals surface area contributed by atoms with E-state index in [1.807, 2.05) is 0 Å². The number of hydrogen-bond acceptors (Lipinski definition) is 3. The van der Waals surface area contributed by atoms with Crippen molar-refractivity contribution in [1.29, 1.82) is 0 Å². The Labute approximate surface area is 127 Å². The van der Waals surface area contributed by atoms with Gasteiger partial charge in [-0.25, -0.2) is 0 Å². The fourth-order valence-electron chi connectivity index (χ4n) is 6.78. The Morgan fingerprint density at radius 2 is 1.90 bits per heavy atom. The Kier molecular flexibility index (Phi) is 3.24. The minimum absolute atomic E-state index is 0.136. The molecule has 0 bridgehead atoms. The van der Waals surface area contributed by atoms with Crippen LogP contribution in [-0.4, -0.2) is 28.2 Å². The summed E-state index contributed by atoms with van der Waals surface area (Å²) in [7, 11) is 0. The standard InChI is InChI=1S/C18H28O3/c1-18-8-12(20)7-15(18)14-4-2-10-6-11(19)3-5-13(10)17(14)16(21)9-18/h10,12-17,20-21H,2-9H2,1H3. The van der Waals surface area contributed by atoms with E-state index >= 15 is 0 Å². The van der Waals surface area contributed by atoms with Crippen molar-refractivity contribution in [2.24, 2.45) is 35.0 Å². The van der Waals surface area contributed by atoms with E-state index in [2.05, 4.69) is 6.92 Å². The fourth-order valence-corrected chi connectivity index (χ4v) is 6.78. The van der Waals surface area contributed by atoms with Crippen LogP contribution in [0.2, 0.25) is 0 Å². The van der Waals surface area contributed by atoms with E-state index in [-0.39, 0.29) is 17.6 Å². The van der Waals surface area contributed by atoms with Crippen LogP contribution >= 0.6 is 0 Å². The third-order valence-electron chi connectivity index (χ3n) is 7.47. The molecule has 4 fully saturated rings. The van der Waals surface area contributed by atoms with E-state index in [0.29, 0.717) is 35.4 Å². The van der Waals surface area contributed by atoms with Gasteiger partial charge in [0.1, 0.15) is 5.78 Å². The second-order valence-corrected chi connectivity index (χ2v) is 8.65. The minimum atomic E-state index is -0.220. The molecule has 0 aromatic heterocycles. The van der Waals surface area contributed by atoms with Crippen LogP contribution in [0.25, 0.3) is 0 Å². The smallest absolute Gasteiger partial charge is 0.133 e. The van der Waals surface area contributed by atoms with Gasteiger partial charge in [0, 0.05) is 12.8 Å². The number of aliphatic hydroxyl groups is 2. The normalized spacial score (nSPS) is 56.5. The number of ketones is 1. The van der Waals surface area contributed by atoms with E-state index in [1.165, 1.54) is 0 Å². The van der Waals surface area contributed by atoms with E-state index in [9.17, 15) is 15.0 Å². The summed E-state index contributed by atoms with van der Waals surface area (Å²) in [6.45, 7) is 2.28. The molecule has 4 aliphatic carbocycles. The molecule has 8 atom stereocenters. The van der Waals surface area contributed by atoms with E-state index in [0.717, 1.165) is 51.4 Å². The average molecular weight is 292 g/mol. The predicted octanol–water partition coefficient (Wildman–Crippen LogP) is 2.54. The maximum Gasteiger partial charge on any atom is 0.133 e. The van der Waals surface area contributed by atoms with Crippen molar-refractivity contribution in [2.75, 3.05) is 0 Å². The largest absolute Gasteiger partial charge is 0.393 e. The van der Waals surface area contributed by atoms with Gasteiger partial charge in [0.05, 0.1) is 12.2 Å². The van der Waals surface area contributed by atoms with Crippen molar-refractivity contribution < 1.29 is 15.0 Å². The van der Waals surface area contributed by atoms with Crippen molar-refractivity contribution in [3.05, 3.63) is 0 Å². The monoisotopic (exact) mass is 292 g/mol. The Balaban J connectivity index is 1.62. The first-order valence-corrected chi connectivity index (χ1v) is 8.86. The fraction of sp³-hybridized carbons (Fsp3) is 0.944. The Hall–Kier alpha value is -0.410. The minimum Gasteiger partial charge on any atom is -0.393 e. The first kappa shape index (κ1) is 14.2. The van der Waals surface area contributed by atoms with Crippen molar-refractivity contribution >= 4 is 5.78 Å². The topological polar surface area (TPSA) is 57.5 Å². The lowest BCUT2D eigenvalue weighted by Gasteiger charge is -2.56. The second kappa shape index (κ2) is 4.79. The summed E-state index contributed by atoms with van der Waals surface area (Å²) >= 11 is 0. The molecule has 0 aromatic carbocycles. The summed E-state index contributed by atoms with van der Waals surface area (Å²) in [5, 5.41) is 21.0. The molecule has 4 saturated carbocycles. The van der Waals surface area contributed by atoms with E-state index < -0.39 is 0 Å². The van der Waals surface area contributed by atoms with Gasteiger partial charge < -0.3 is 10.2 Å². The maximum atomic E-state index is 11.7. The Morgan fingerprint density at radius 1 is 1.10 bits per heavy atom. The van der Waals surface area contributed by atoms with Gasteiger partial charge >= 0.3 is 0 Å². The molecule has 0 saturated heterocycles. The lowest BCUT2D eigenvalue weighted by Crippen LogP contribution is -2.53. The van der Waals surface area contributed by atoms with Crippen molar-refractivity contribution in [2.45, 2.75) is 70.5 Å². The molecule has 3 heteroatoms. The Bertz CT molecular complexity index is 448. The van der Waals surface area contributed by atoms with Crippen molar-refractivity contribution in [3.8, 4) is 0 Å². The Morgan fingerprint density at radius 3 is 2.71 bits per heavy atom. The summed E-state index contributed by atoms with van der Waals surface area (Å²) in [5.74, 6) is 3.06. The first-order chi connectivity index (χ1) is 9.98. The van der Waals surface area contributed by atoms with Crippen LogP contribution in [0.4, 0.5) is 0 Å². The van der Waals surface area contributed by atoms with Gasteiger partial charge in [0.15, 0.2) is 0 Å². The molecule has 8 unspecified atom stereocenters. The summed E-state index contributed by atoms with van der Waals surface area (Å²) in [6.07, 6.45) is 7.05. The lowest BCUT2D eigenvalue weighted by atomic mass is 9.50. The van der Waals surface area contributed by atoms with Crippen molar-refractivity contribution in [1.82, 2.24) is 0 Å². The van der Waals surface area contributed by atoms with Gasteiger partial charge in [-0.15, -0.1) is 0 Å². The number of carbonyl (C=O) groups excluding carboxylic acids is 1. The molecule has 0 radical (unpaired) electrons. The summed E-state index contributed by atoms with van der Waals surface area (Å²) in [6, 6.07) is 0. The zero-order chi connectivity index (χ0) is 14.8. The van der Waals surface area contributed by atoms with E-state index in [4.69, 9.17) is 0 Å². The molecule has 4 rings (SSSR count). The molecule has 3 nitrogen and oxygen atoms in total. The van der Waals surface area contributed by atoms with Crippen molar-refractivity contribution in [3.63, 3.8) is 0 Å². The van der Waals surface area contributed by atoms with Crippen LogP contribution < -0.4 is 0 Å². The van der Waals surface area contributed by atoms with Crippen LogP contribution in [0.5, 0.6) is 0 Å². The molecule has 0 spiro atoms. The molecule has 0 heterocycles. The molecule has 4 aliphatic rings. The zero-order valence-corrected chi connectivity index (χ0v) is 13.0. The predicted molar refractivity (Wildman–Crippen MR) is 79.5 cm³/mol. The molecule has 0 aliphatic heterocycles. The molecule has 0 amide bonds. The van der Waals surface area contributed by atoms with Gasteiger partial charge in [-0.05, 0) is 73.5 Å². The van der Waals surface area contributed by atoms with Gasteiger partial charge in [0.2, 0.25) is 0 Å². The molecule has 118 valence electrons. The average Bonchev–Trinajstić information content (AvgIpc) is 2.72. The molecular weight excluding hydrogens is 264 g/mol. The number of aliphatic hydroxyl groups excluding tert-OH is 2. The quantitative estimate of drug-likeness (QED) is 0.721.